The van der Waals surface area contributed by atoms with Crippen LogP contribution in [-0.4, -0.2) is 32.7 Å². The van der Waals surface area contributed by atoms with Crippen molar-refractivity contribution in [2.45, 2.75) is 6.92 Å². The van der Waals surface area contributed by atoms with E-state index in [9.17, 15) is 24.8 Å². The number of carbonyl (C=O) groups is 2. The van der Waals surface area contributed by atoms with Gasteiger partial charge in [-0.25, -0.2) is 10.2 Å². The minimum absolute atomic E-state index is 0.0645. The number of nitro groups is 1. The highest BCUT2D eigenvalue weighted by molar-refractivity contribution is 7.14. The lowest BCUT2D eigenvalue weighted by molar-refractivity contribution is -0.385. The van der Waals surface area contributed by atoms with Crippen LogP contribution in [0.4, 0.5) is 5.69 Å². The zero-order valence-electron chi connectivity index (χ0n) is 16.1. The van der Waals surface area contributed by atoms with Crippen molar-refractivity contribution in [3.05, 3.63) is 78.6 Å². The van der Waals surface area contributed by atoms with Crippen molar-refractivity contribution in [3.63, 3.8) is 0 Å². The Morgan fingerprint density at radius 3 is 2.47 bits per heavy atom. The Kier molecular flexibility index (Phi) is 6.78. The number of nitrogens with zero attached hydrogens (tertiary/aromatic N) is 2. The van der Waals surface area contributed by atoms with Gasteiger partial charge in [-0.2, -0.15) is 5.10 Å². The smallest absolute Gasteiger partial charge is 0.342 e. The fraction of sp³-hybridized carbons (Fsp3) is 0.0500. The van der Waals surface area contributed by atoms with Crippen LogP contribution in [0.2, 0.25) is 10.0 Å². The Balaban J connectivity index is 1.83. The molecule has 1 aromatic heterocycles. The number of hydrogen-bond acceptors (Lipinski definition) is 7. The van der Waals surface area contributed by atoms with Gasteiger partial charge < -0.3 is 10.2 Å². The maximum atomic E-state index is 12.3. The fourth-order valence-corrected chi connectivity index (χ4v) is 4.02. The molecule has 12 heteroatoms. The summed E-state index contributed by atoms with van der Waals surface area (Å²) in [5.41, 5.74) is 2.12. The van der Waals surface area contributed by atoms with Crippen molar-refractivity contribution in [2.24, 2.45) is 5.10 Å². The molecule has 1 heterocycles. The van der Waals surface area contributed by atoms with Crippen molar-refractivity contribution in [1.29, 1.82) is 0 Å². The molecule has 2 aromatic carbocycles. The first-order valence-corrected chi connectivity index (χ1v) is 10.4. The number of aromatic carboxylic acids is 1. The summed E-state index contributed by atoms with van der Waals surface area (Å²) in [6.07, 6.45) is 0. The van der Waals surface area contributed by atoms with Crippen LogP contribution >= 0.6 is 34.5 Å². The van der Waals surface area contributed by atoms with E-state index in [1.807, 2.05) is 0 Å². The number of aromatic hydroxyl groups is 1. The van der Waals surface area contributed by atoms with Crippen molar-refractivity contribution in [1.82, 2.24) is 5.43 Å². The molecule has 3 rings (SSSR count). The second-order valence-corrected chi connectivity index (χ2v) is 8.08. The summed E-state index contributed by atoms with van der Waals surface area (Å²) in [5.74, 6) is -2.34. The zero-order valence-corrected chi connectivity index (χ0v) is 18.5. The number of carbonyl (C=O) groups excluding carboxylic acids is 1. The van der Waals surface area contributed by atoms with Crippen LogP contribution in [0.15, 0.2) is 46.9 Å². The molecule has 0 radical (unpaired) electrons. The Hall–Kier alpha value is -3.47. The molecule has 0 saturated carbocycles. The van der Waals surface area contributed by atoms with Crippen molar-refractivity contribution < 1.29 is 24.7 Å². The van der Waals surface area contributed by atoms with E-state index in [2.05, 4.69) is 10.5 Å². The van der Waals surface area contributed by atoms with Crippen LogP contribution in [0.3, 0.4) is 0 Å². The maximum absolute atomic E-state index is 12.3. The summed E-state index contributed by atoms with van der Waals surface area (Å²) >= 11 is 13.2. The highest BCUT2D eigenvalue weighted by Crippen LogP contribution is 2.40. The predicted molar refractivity (Wildman–Crippen MR) is 121 cm³/mol. The Bertz CT molecular complexity index is 1290. The number of hydrazone groups is 1. The molecule has 164 valence electrons. The third kappa shape index (κ3) is 4.72. The zero-order chi connectivity index (χ0) is 23.6. The van der Waals surface area contributed by atoms with Crippen LogP contribution in [0, 0.1) is 10.1 Å². The molecular weight excluding hydrogens is 481 g/mol. The number of amides is 1. The molecule has 3 aromatic rings. The Labute approximate surface area is 194 Å². The summed E-state index contributed by atoms with van der Waals surface area (Å²) in [4.78, 5) is 34.2. The van der Waals surface area contributed by atoms with Gasteiger partial charge in [0.2, 0.25) is 0 Å². The van der Waals surface area contributed by atoms with E-state index in [4.69, 9.17) is 28.3 Å². The number of carboxylic acid groups (broad SMARTS) is 1. The number of halogens is 2. The molecule has 3 N–H and O–H groups in total. The lowest BCUT2D eigenvalue weighted by Crippen LogP contribution is -2.19. The van der Waals surface area contributed by atoms with E-state index in [1.165, 1.54) is 11.3 Å². The molecule has 0 bridgehead atoms. The van der Waals surface area contributed by atoms with Crippen molar-refractivity contribution in [2.75, 3.05) is 0 Å². The number of nitrogens with one attached hydrogen (secondary N) is 1. The van der Waals surface area contributed by atoms with E-state index >= 15 is 0 Å². The van der Waals surface area contributed by atoms with Gasteiger partial charge in [0.1, 0.15) is 11.3 Å². The number of nitro benzene ring substituents is 1. The van der Waals surface area contributed by atoms with Crippen LogP contribution in [0.5, 0.6) is 5.75 Å². The maximum Gasteiger partial charge on any atom is 0.342 e. The second kappa shape index (κ2) is 9.35. The molecule has 0 fully saturated rings. The van der Waals surface area contributed by atoms with E-state index in [0.717, 1.165) is 18.2 Å². The molecule has 0 unspecified atom stereocenters. The Morgan fingerprint density at radius 1 is 1.12 bits per heavy atom. The van der Waals surface area contributed by atoms with Gasteiger partial charge in [0, 0.05) is 17.0 Å². The summed E-state index contributed by atoms with van der Waals surface area (Å²) in [6.45, 7) is 1.55. The van der Waals surface area contributed by atoms with Crippen LogP contribution in [0.25, 0.3) is 10.4 Å². The predicted octanol–water partition coefficient (Wildman–Crippen LogP) is 5.19. The first-order chi connectivity index (χ1) is 15.1. The molecule has 1 amide bonds. The third-order valence-corrected chi connectivity index (χ3v) is 6.11. The SMILES string of the molecule is C/C(=N/NC(=O)c1ccc(C(=O)O)c([N+](=O)[O-])c1)c1csc(-c2ccc(Cl)c(Cl)c2)c1O. The summed E-state index contributed by atoms with van der Waals surface area (Å²) in [7, 11) is 0. The quantitative estimate of drug-likeness (QED) is 0.245. The van der Waals surface area contributed by atoms with Gasteiger partial charge in [0.05, 0.1) is 31.1 Å². The van der Waals surface area contributed by atoms with Gasteiger partial charge >= 0.3 is 5.97 Å². The van der Waals surface area contributed by atoms with Gasteiger partial charge in [-0.3, -0.25) is 14.9 Å². The monoisotopic (exact) mass is 493 g/mol. The van der Waals surface area contributed by atoms with Gasteiger partial charge in [-0.05, 0) is 36.8 Å². The van der Waals surface area contributed by atoms with Crippen molar-refractivity contribution in [3.8, 4) is 16.2 Å². The molecular formula is C20H13Cl2N3O6S. The average Bonchev–Trinajstić information content (AvgIpc) is 3.14. The van der Waals surface area contributed by atoms with E-state index in [1.54, 1.807) is 30.5 Å². The number of benzene rings is 2. The lowest BCUT2D eigenvalue weighted by Gasteiger charge is -2.05. The van der Waals surface area contributed by atoms with Crippen LogP contribution < -0.4 is 5.43 Å². The first kappa shape index (κ1) is 23.2. The summed E-state index contributed by atoms with van der Waals surface area (Å²) in [6, 6.07) is 7.88. The summed E-state index contributed by atoms with van der Waals surface area (Å²) in [5, 5.41) is 37.0. The summed E-state index contributed by atoms with van der Waals surface area (Å²) < 4.78 is 0. The van der Waals surface area contributed by atoms with E-state index in [-0.39, 0.29) is 17.0 Å². The highest BCUT2D eigenvalue weighted by Gasteiger charge is 2.22. The highest BCUT2D eigenvalue weighted by atomic mass is 35.5. The molecule has 0 aliphatic heterocycles. The average molecular weight is 494 g/mol. The second-order valence-electron chi connectivity index (χ2n) is 6.39. The number of carboxylic acids is 1. The molecule has 0 aliphatic carbocycles. The van der Waals surface area contributed by atoms with Gasteiger partial charge in [-0.1, -0.05) is 29.3 Å². The fourth-order valence-electron chi connectivity index (χ4n) is 2.71. The standard InChI is InChI=1S/C20H13Cl2N3O6S/c1-9(13-8-32-18(17(13)26)10-3-5-14(21)15(22)6-10)23-24-19(27)11-2-4-12(20(28)29)16(7-11)25(30)31/h2-8,26H,1H3,(H,24,27)(H,28,29)/b23-9-. The molecule has 0 saturated heterocycles. The van der Waals surface area contributed by atoms with Gasteiger partial charge in [0.15, 0.2) is 0 Å². The minimum atomic E-state index is -1.48. The number of rotatable bonds is 6. The van der Waals surface area contributed by atoms with Gasteiger partial charge in [-0.15, -0.1) is 11.3 Å². The van der Waals surface area contributed by atoms with Crippen LogP contribution in [-0.2, 0) is 0 Å². The third-order valence-electron chi connectivity index (χ3n) is 4.35. The lowest BCUT2D eigenvalue weighted by atomic mass is 10.1. The normalized spacial score (nSPS) is 11.3. The molecule has 0 spiro atoms. The largest absolute Gasteiger partial charge is 0.506 e. The number of hydrogen-bond donors (Lipinski definition) is 3. The van der Waals surface area contributed by atoms with E-state index in [0.29, 0.717) is 26.0 Å². The number of thiophene rings is 1. The van der Waals surface area contributed by atoms with Gasteiger partial charge in [0.25, 0.3) is 11.6 Å². The minimum Gasteiger partial charge on any atom is -0.506 e. The van der Waals surface area contributed by atoms with Crippen LogP contribution in [0.1, 0.15) is 33.2 Å². The molecule has 0 atom stereocenters. The van der Waals surface area contributed by atoms with E-state index < -0.39 is 28.1 Å². The molecule has 32 heavy (non-hydrogen) atoms. The molecule has 9 nitrogen and oxygen atoms in total. The Morgan fingerprint density at radius 2 is 1.84 bits per heavy atom. The first-order valence-electron chi connectivity index (χ1n) is 8.72. The van der Waals surface area contributed by atoms with Crippen molar-refractivity contribution >= 4 is 57.8 Å². The topological polar surface area (TPSA) is 142 Å². The molecule has 0 aliphatic rings.